The smallest absolute Gasteiger partial charge is 0.225 e. The number of halogens is 1. The maximum Gasteiger partial charge on any atom is 0.245 e. The second-order valence-corrected chi connectivity index (χ2v) is 4.97. The van der Waals surface area contributed by atoms with Crippen molar-refractivity contribution in [3.63, 3.8) is 0 Å². The Labute approximate surface area is 81.4 Å². The van der Waals surface area contributed by atoms with Gasteiger partial charge in [-0.05, 0) is 11.6 Å². The van der Waals surface area contributed by atoms with Crippen molar-refractivity contribution < 1.29 is 8.42 Å². The van der Waals surface area contributed by atoms with Gasteiger partial charge >= 0.3 is 0 Å². The van der Waals surface area contributed by atoms with Gasteiger partial charge in [0.2, 0.25) is 15.3 Å². The van der Waals surface area contributed by atoms with Crippen LogP contribution >= 0.6 is 11.6 Å². The molecule has 0 aliphatic carbocycles. The van der Waals surface area contributed by atoms with Crippen LogP contribution < -0.4 is 0 Å². The van der Waals surface area contributed by atoms with E-state index in [0.29, 0.717) is 0 Å². The van der Waals surface area contributed by atoms with Gasteiger partial charge in [0.15, 0.2) is 0 Å². The van der Waals surface area contributed by atoms with Crippen molar-refractivity contribution in [2.24, 2.45) is 0 Å². The Morgan fingerprint density at radius 2 is 1.77 bits per heavy atom. The number of sulfonamides is 1. The molecule has 1 rings (SSSR count). The summed E-state index contributed by atoms with van der Waals surface area (Å²) in [6.07, 6.45) is 2.34. The highest BCUT2D eigenvalue weighted by Crippen LogP contribution is 2.10. The van der Waals surface area contributed by atoms with Crippen LogP contribution in [0.25, 0.3) is 0 Å². The SMILES string of the molecule is CN(C)S(=O)(=O)c1cnc(Cl)nc1. The topological polar surface area (TPSA) is 63.2 Å². The molecule has 0 bridgehead atoms. The van der Waals surface area contributed by atoms with Crippen molar-refractivity contribution in [3.8, 4) is 0 Å². The standard InChI is InChI=1S/C6H8ClN3O2S/c1-10(2)13(11,12)5-3-8-6(7)9-4-5/h3-4H,1-2H3. The molecule has 0 fully saturated rings. The minimum absolute atomic E-state index is 0.0257. The van der Waals surface area contributed by atoms with Gasteiger partial charge in [-0.1, -0.05) is 0 Å². The van der Waals surface area contributed by atoms with Crippen LogP contribution in [-0.2, 0) is 10.0 Å². The molecule has 1 heterocycles. The van der Waals surface area contributed by atoms with Gasteiger partial charge < -0.3 is 0 Å². The molecule has 0 N–H and O–H groups in total. The van der Waals surface area contributed by atoms with Crippen LogP contribution in [0.2, 0.25) is 5.28 Å². The third kappa shape index (κ3) is 2.15. The Morgan fingerprint density at radius 3 is 2.15 bits per heavy atom. The molecule has 0 saturated heterocycles. The number of hydrogen-bond acceptors (Lipinski definition) is 4. The summed E-state index contributed by atoms with van der Waals surface area (Å²) in [5, 5.41) is 0.0257. The van der Waals surface area contributed by atoms with Gasteiger partial charge in [0, 0.05) is 14.1 Å². The van der Waals surface area contributed by atoms with E-state index < -0.39 is 10.0 Å². The van der Waals surface area contributed by atoms with E-state index >= 15 is 0 Å². The lowest BCUT2D eigenvalue weighted by atomic mass is 10.7. The lowest BCUT2D eigenvalue weighted by Gasteiger charge is -2.09. The molecule has 0 amide bonds. The predicted octanol–water partition coefficient (Wildman–Crippen LogP) is 0.380. The summed E-state index contributed by atoms with van der Waals surface area (Å²) in [7, 11) is -0.575. The first-order valence-corrected chi connectivity index (χ1v) is 5.16. The molecule has 0 radical (unpaired) electrons. The molecule has 0 saturated carbocycles. The third-order valence-electron chi connectivity index (χ3n) is 1.38. The Hall–Kier alpha value is -0.720. The number of aromatic nitrogens is 2. The van der Waals surface area contributed by atoms with Crippen LogP contribution in [0.1, 0.15) is 0 Å². The molecular weight excluding hydrogens is 214 g/mol. The number of nitrogens with zero attached hydrogens (tertiary/aromatic N) is 3. The van der Waals surface area contributed by atoms with Gasteiger partial charge in [-0.3, -0.25) is 0 Å². The van der Waals surface area contributed by atoms with Gasteiger partial charge in [-0.15, -0.1) is 0 Å². The zero-order valence-corrected chi connectivity index (χ0v) is 8.67. The number of rotatable bonds is 2. The van der Waals surface area contributed by atoms with Crippen molar-refractivity contribution in [3.05, 3.63) is 17.7 Å². The van der Waals surface area contributed by atoms with Crippen molar-refractivity contribution in [1.82, 2.24) is 14.3 Å². The first-order valence-electron chi connectivity index (χ1n) is 3.34. The predicted molar refractivity (Wildman–Crippen MR) is 47.9 cm³/mol. The zero-order valence-electron chi connectivity index (χ0n) is 7.10. The van der Waals surface area contributed by atoms with E-state index in [1.807, 2.05) is 0 Å². The fourth-order valence-electron chi connectivity index (χ4n) is 0.644. The molecule has 0 aliphatic heterocycles. The molecule has 13 heavy (non-hydrogen) atoms. The Kier molecular flexibility index (Phi) is 2.84. The third-order valence-corrected chi connectivity index (χ3v) is 3.34. The Balaban J connectivity index is 3.17. The van der Waals surface area contributed by atoms with Crippen molar-refractivity contribution in [2.75, 3.05) is 14.1 Å². The summed E-state index contributed by atoms with van der Waals surface area (Å²) in [6, 6.07) is 0. The minimum atomic E-state index is -3.44. The van der Waals surface area contributed by atoms with Gasteiger partial charge in [0.25, 0.3) is 0 Å². The van der Waals surface area contributed by atoms with E-state index in [0.717, 1.165) is 4.31 Å². The van der Waals surface area contributed by atoms with Crippen LogP contribution in [0.3, 0.4) is 0 Å². The lowest BCUT2D eigenvalue weighted by Crippen LogP contribution is -2.22. The first kappa shape index (κ1) is 10.4. The summed E-state index contributed by atoms with van der Waals surface area (Å²) >= 11 is 5.41. The molecule has 5 nitrogen and oxygen atoms in total. The monoisotopic (exact) mass is 221 g/mol. The van der Waals surface area contributed by atoms with Gasteiger partial charge in [0.1, 0.15) is 4.90 Å². The zero-order chi connectivity index (χ0) is 10.1. The molecular formula is C6H8ClN3O2S. The van der Waals surface area contributed by atoms with E-state index in [1.165, 1.54) is 26.5 Å². The largest absolute Gasteiger partial charge is 0.245 e. The normalized spacial score (nSPS) is 12.0. The second kappa shape index (κ2) is 3.57. The second-order valence-electron chi connectivity index (χ2n) is 2.48. The molecule has 0 aliphatic rings. The van der Waals surface area contributed by atoms with Crippen LogP contribution in [0, 0.1) is 0 Å². The lowest BCUT2D eigenvalue weighted by molar-refractivity contribution is 0.520. The summed E-state index contributed by atoms with van der Waals surface area (Å²) in [5.74, 6) is 0. The highest BCUT2D eigenvalue weighted by Gasteiger charge is 2.17. The average Bonchev–Trinajstić information content (AvgIpc) is 2.04. The van der Waals surface area contributed by atoms with Crippen LogP contribution in [0.4, 0.5) is 0 Å². The average molecular weight is 222 g/mol. The fraction of sp³-hybridized carbons (Fsp3) is 0.333. The van der Waals surface area contributed by atoms with Gasteiger partial charge in [-0.25, -0.2) is 22.7 Å². The van der Waals surface area contributed by atoms with Crippen LogP contribution in [0.5, 0.6) is 0 Å². The molecule has 0 atom stereocenters. The van der Waals surface area contributed by atoms with E-state index in [4.69, 9.17) is 11.6 Å². The first-order chi connectivity index (χ1) is 5.94. The molecule has 7 heteroatoms. The molecule has 1 aromatic rings. The van der Waals surface area contributed by atoms with Crippen molar-refractivity contribution >= 4 is 21.6 Å². The Bertz CT molecular complexity index is 387. The summed E-state index contributed by atoms with van der Waals surface area (Å²) in [6.45, 7) is 0. The molecule has 0 aromatic carbocycles. The minimum Gasteiger partial charge on any atom is -0.225 e. The summed E-state index contributed by atoms with van der Waals surface area (Å²) < 4.78 is 24.0. The maximum atomic E-state index is 11.4. The number of hydrogen-bond donors (Lipinski definition) is 0. The molecule has 0 unspecified atom stereocenters. The highest BCUT2D eigenvalue weighted by molar-refractivity contribution is 7.89. The van der Waals surface area contributed by atoms with Gasteiger partial charge in [-0.2, -0.15) is 0 Å². The quantitative estimate of drug-likeness (QED) is 0.678. The van der Waals surface area contributed by atoms with E-state index in [9.17, 15) is 8.42 Å². The molecule has 0 spiro atoms. The maximum absolute atomic E-state index is 11.4. The highest BCUT2D eigenvalue weighted by atomic mass is 35.5. The van der Waals surface area contributed by atoms with Crippen molar-refractivity contribution in [1.29, 1.82) is 0 Å². The fourth-order valence-corrected chi connectivity index (χ4v) is 1.54. The van der Waals surface area contributed by atoms with Crippen LogP contribution in [0.15, 0.2) is 17.3 Å². The van der Waals surface area contributed by atoms with E-state index in [-0.39, 0.29) is 10.2 Å². The Morgan fingerprint density at radius 1 is 1.31 bits per heavy atom. The molecule has 72 valence electrons. The summed E-state index contributed by atoms with van der Waals surface area (Å²) in [4.78, 5) is 7.18. The van der Waals surface area contributed by atoms with E-state index in [2.05, 4.69) is 9.97 Å². The molecule has 1 aromatic heterocycles. The van der Waals surface area contributed by atoms with Crippen molar-refractivity contribution in [2.45, 2.75) is 4.90 Å². The van der Waals surface area contributed by atoms with E-state index in [1.54, 1.807) is 0 Å². The van der Waals surface area contributed by atoms with Gasteiger partial charge in [0.05, 0.1) is 12.4 Å². The van der Waals surface area contributed by atoms with Crippen LogP contribution in [-0.4, -0.2) is 36.8 Å². The summed E-state index contributed by atoms with van der Waals surface area (Å²) in [5.41, 5.74) is 0.